The Hall–Kier alpha value is -2.66. The predicted octanol–water partition coefficient (Wildman–Crippen LogP) is 4.51. The molecule has 6 N–H and O–H groups in total. The van der Waals surface area contributed by atoms with Crippen LogP contribution in [0.2, 0.25) is 5.02 Å². The van der Waals surface area contributed by atoms with Gasteiger partial charge in [-0.2, -0.15) is 0 Å². The lowest BCUT2D eigenvalue weighted by Gasteiger charge is -2.05. The van der Waals surface area contributed by atoms with Gasteiger partial charge in [0.2, 0.25) is 5.96 Å². The zero-order chi connectivity index (χ0) is 24.2. The fraction of sp³-hybridized carbons (Fsp3) is 0.273. The number of thiophene rings is 1. The van der Waals surface area contributed by atoms with Gasteiger partial charge in [0, 0.05) is 16.1 Å². The van der Waals surface area contributed by atoms with Crippen LogP contribution >= 0.6 is 34.9 Å². The average Bonchev–Trinajstić information content (AvgIpc) is 3.07. The van der Waals surface area contributed by atoms with E-state index in [1.165, 1.54) is 17.5 Å². The Bertz CT molecular complexity index is 1070. The molecule has 0 amide bonds. The first-order valence-corrected chi connectivity index (χ1v) is 12.0. The molecule has 0 aliphatic heterocycles. The van der Waals surface area contributed by atoms with Gasteiger partial charge in [0.1, 0.15) is 18.9 Å². The van der Waals surface area contributed by atoms with Crippen LogP contribution in [0.25, 0.3) is 10.1 Å². The molecule has 1 heterocycles. The highest BCUT2D eigenvalue weighted by atomic mass is 35.5. The molecular formula is C22H27ClN4O4S2. The van der Waals surface area contributed by atoms with Crippen LogP contribution in [0.5, 0.6) is 5.75 Å². The monoisotopic (exact) mass is 510 g/mol. The number of carboxylic acids is 1. The number of carboxylic acid groups (broad SMARTS) is 1. The zero-order valence-corrected chi connectivity index (χ0v) is 20.7. The molecule has 2 aromatic carbocycles. The highest BCUT2D eigenvalue weighted by Gasteiger charge is 2.09. The van der Waals surface area contributed by atoms with Gasteiger partial charge in [-0.1, -0.05) is 29.3 Å². The van der Waals surface area contributed by atoms with Crippen LogP contribution in [-0.4, -0.2) is 36.8 Å². The first-order valence-electron chi connectivity index (χ1n) is 9.96. The largest absolute Gasteiger partial charge is 0.493 e. The van der Waals surface area contributed by atoms with Crippen molar-refractivity contribution in [3.05, 3.63) is 58.6 Å². The van der Waals surface area contributed by atoms with Gasteiger partial charge in [0.05, 0.1) is 10.8 Å². The molecule has 0 aliphatic carbocycles. The van der Waals surface area contributed by atoms with E-state index in [4.69, 9.17) is 37.7 Å². The van der Waals surface area contributed by atoms with Crippen LogP contribution in [-0.2, 0) is 9.63 Å². The maximum atomic E-state index is 10.4. The summed E-state index contributed by atoms with van der Waals surface area (Å²) < 4.78 is 10.5. The quantitative estimate of drug-likeness (QED) is 0.103. The summed E-state index contributed by atoms with van der Waals surface area (Å²) in [6.07, 6.45) is 0.727. The summed E-state index contributed by atoms with van der Waals surface area (Å²) in [5.74, 6) is -0.0776. The van der Waals surface area contributed by atoms with Gasteiger partial charge in [-0.3, -0.25) is 4.79 Å². The summed E-state index contributed by atoms with van der Waals surface area (Å²) in [6, 6.07) is 13.7. The van der Waals surface area contributed by atoms with E-state index in [2.05, 4.69) is 9.88 Å². The van der Waals surface area contributed by atoms with Crippen molar-refractivity contribution in [2.75, 3.05) is 19.8 Å². The van der Waals surface area contributed by atoms with Crippen molar-refractivity contribution in [2.45, 2.75) is 24.5 Å². The lowest BCUT2D eigenvalue weighted by Crippen LogP contribution is -2.23. The highest BCUT2D eigenvalue weighted by Crippen LogP contribution is 2.37. The van der Waals surface area contributed by atoms with Crippen molar-refractivity contribution in [3.8, 4) is 5.75 Å². The molecule has 3 aromatic rings. The number of carbonyl (C=O) groups is 1. The lowest BCUT2D eigenvalue weighted by atomic mass is 10.2. The highest BCUT2D eigenvalue weighted by molar-refractivity contribution is 7.99. The molecule has 178 valence electrons. The average molecular weight is 511 g/mol. The van der Waals surface area contributed by atoms with Gasteiger partial charge in [-0.25, -0.2) is 4.72 Å². The molecule has 11 heteroatoms. The Balaban J connectivity index is 0.000000234. The number of hydrogen-bond acceptors (Lipinski definition) is 7. The SMILES string of the molecule is Cc1c(SNCC(=O)O)sc2ccc(Cl)cc12.Cc1ccc(OCCCON=C(N)N)cc1. The van der Waals surface area contributed by atoms with E-state index in [0.29, 0.717) is 18.2 Å². The van der Waals surface area contributed by atoms with Gasteiger partial charge in [0.25, 0.3) is 0 Å². The van der Waals surface area contributed by atoms with Crippen molar-refractivity contribution in [2.24, 2.45) is 16.6 Å². The van der Waals surface area contributed by atoms with Crippen LogP contribution in [0.15, 0.2) is 51.8 Å². The molecule has 33 heavy (non-hydrogen) atoms. The number of benzene rings is 2. The van der Waals surface area contributed by atoms with E-state index in [-0.39, 0.29) is 12.5 Å². The van der Waals surface area contributed by atoms with Crippen LogP contribution in [0, 0.1) is 13.8 Å². The molecule has 0 bridgehead atoms. The first-order chi connectivity index (χ1) is 15.8. The van der Waals surface area contributed by atoms with Gasteiger partial charge in [-0.15, -0.1) is 11.3 Å². The Morgan fingerprint density at radius 1 is 1.18 bits per heavy atom. The number of nitrogens with two attached hydrogens (primary N) is 2. The number of halogens is 1. The number of nitrogens with one attached hydrogen (secondary N) is 1. The summed E-state index contributed by atoms with van der Waals surface area (Å²) >= 11 is 8.94. The Labute approximate surface area is 206 Å². The molecule has 0 saturated carbocycles. The molecule has 0 atom stereocenters. The first kappa shape index (κ1) is 26.6. The molecule has 0 fully saturated rings. The van der Waals surface area contributed by atoms with E-state index in [9.17, 15) is 4.79 Å². The molecule has 0 radical (unpaired) electrons. The molecule has 3 rings (SSSR count). The number of guanidine groups is 1. The van der Waals surface area contributed by atoms with Crippen molar-refractivity contribution in [1.29, 1.82) is 0 Å². The number of hydrogen-bond donors (Lipinski definition) is 4. The summed E-state index contributed by atoms with van der Waals surface area (Å²) in [5, 5.41) is 13.8. The smallest absolute Gasteiger partial charge is 0.318 e. The Morgan fingerprint density at radius 3 is 2.58 bits per heavy atom. The molecular weight excluding hydrogens is 484 g/mol. The van der Waals surface area contributed by atoms with Crippen LogP contribution in [0.1, 0.15) is 17.5 Å². The second-order valence-corrected chi connectivity index (χ2v) is 9.48. The zero-order valence-electron chi connectivity index (χ0n) is 18.3. The van der Waals surface area contributed by atoms with E-state index in [1.54, 1.807) is 11.3 Å². The molecule has 1 aromatic heterocycles. The number of rotatable bonds is 10. The maximum Gasteiger partial charge on any atom is 0.318 e. The van der Waals surface area contributed by atoms with Crippen LogP contribution in [0.4, 0.5) is 0 Å². The number of aryl methyl sites for hydroxylation is 2. The fourth-order valence-corrected chi connectivity index (χ4v) is 4.80. The molecule has 0 unspecified atom stereocenters. The Kier molecular flexibility index (Phi) is 11.1. The minimum absolute atomic E-state index is 0.0564. The van der Waals surface area contributed by atoms with E-state index < -0.39 is 5.97 Å². The number of aliphatic carboxylic acids is 1. The molecule has 0 spiro atoms. The van der Waals surface area contributed by atoms with Crippen molar-refractivity contribution < 1.29 is 19.5 Å². The van der Waals surface area contributed by atoms with E-state index in [1.807, 2.05) is 56.3 Å². The maximum absolute atomic E-state index is 10.4. The summed E-state index contributed by atoms with van der Waals surface area (Å²) in [4.78, 5) is 15.2. The van der Waals surface area contributed by atoms with Gasteiger partial charge in [0.15, 0.2) is 0 Å². The summed E-state index contributed by atoms with van der Waals surface area (Å²) in [5.41, 5.74) is 12.5. The van der Waals surface area contributed by atoms with Crippen LogP contribution < -0.4 is 20.9 Å². The number of oxime groups is 1. The normalized spacial score (nSPS) is 10.3. The third-order valence-electron chi connectivity index (χ3n) is 4.08. The van der Waals surface area contributed by atoms with E-state index >= 15 is 0 Å². The lowest BCUT2D eigenvalue weighted by molar-refractivity contribution is -0.135. The summed E-state index contributed by atoms with van der Waals surface area (Å²) in [7, 11) is 0. The van der Waals surface area contributed by atoms with Gasteiger partial charge < -0.3 is 26.1 Å². The van der Waals surface area contributed by atoms with Crippen molar-refractivity contribution >= 4 is 56.9 Å². The number of nitrogens with zero attached hydrogens (tertiary/aromatic N) is 1. The second kappa shape index (κ2) is 13.8. The number of ether oxygens (including phenoxy) is 1. The minimum atomic E-state index is -0.862. The summed E-state index contributed by atoms with van der Waals surface area (Å²) in [6.45, 7) is 5.00. The van der Waals surface area contributed by atoms with Gasteiger partial charge >= 0.3 is 5.97 Å². The number of fused-ring (bicyclic) bond motifs is 1. The topological polar surface area (TPSA) is 132 Å². The van der Waals surface area contributed by atoms with Gasteiger partial charge in [-0.05, 0) is 72.2 Å². The van der Waals surface area contributed by atoms with Crippen LogP contribution in [0.3, 0.4) is 0 Å². The third kappa shape index (κ3) is 9.79. The van der Waals surface area contributed by atoms with E-state index in [0.717, 1.165) is 32.0 Å². The fourth-order valence-electron chi connectivity index (χ4n) is 2.50. The van der Waals surface area contributed by atoms with Crippen molar-refractivity contribution in [3.63, 3.8) is 0 Å². The third-order valence-corrected chi connectivity index (χ3v) is 6.67. The minimum Gasteiger partial charge on any atom is -0.493 e. The molecule has 0 saturated heterocycles. The Morgan fingerprint density at radius 2 is 1.91 bits per heavy atom. The molecule has 8 nitrogen and oxygen atoms in total. The predicted molar refractivity (Wildman–Crippen MR) is 136 cm³/mol. The standard InChI is InChI=1S/C11H10ClNO2S2.C11H17N3O2/c1-6-8-4-7(12)2-3-9(8)16-11(6)17-13-5-10(14)15;1-9-3-5-10(6-4-9)15-7-2-8-16-14-11(12)13/h2-4,13H,5H2,1H3,(H,14,15);3-6H,2,7-8H2,1H3,(H4,12,13,14). The second-order valence-electron chi connectivity index (χ2n) is 6.84. The van der Waals surface area contributed by atoms with Crippen molar-refractivity contribution in [1.82, 2.24) is 4.72 Å². The molecule has 0 aliphatic rings.